The molecule has 7 nitrogen and oxygen atoms in total. The van der Waals surface area contributed by atoms with Crippen molar-refractivity contribution < 1.29 is 4.74 Å². The largest absolute Gasteiger partial charge is 0.497 e. The van der Waals surface area contributed by atoms with Crippen LogP contribution in [0.5, 0.6) is 5.75 Å². The molecule has 1 aliphatic heterocycles. The topological polar surface area (TPSA) is 73.1 Å². The van der Waals surface area contributed by atoms with E-state index in [-0.39, 0.29) is 0 Å². The summed E-state index contributed by atoms with van der Waals surface area (Å²) in [7, 11) is 3.86. The number of nitrogens with zero attached hydrogens (tertiary/aromatic N) is 4. The maximum Gasteiger partial charge on any atom is 0.159 e. The number of ether oxygens (including phenoxy) is 1. The number of fused-ring (bicyclic) bond motifs is 2. The molecule has 4 aromatic rings. The van der Waals surface area contributed by atoms with Crippen molar-refractivity contribution in [1.29, 1.82) is 0 Å². The highest BCUT2D eigenvalue weighted by atomic mass is 16.5. The third kappa shape index (κ3) is 2.97. The minimum absolute atomic E-state index is 0.766. The van der Waals surface area contributed by atoms with Crippen LogP contribution in [0.4, 0.5) is 5.69 Å². The van der Waals surface area contributed by atoms with Gasteiger partial charge in [-0.2, -0.15) is 5.10 Å². The van der Waals surface area contributed by atoms with E-state index in [1.807, 2.05) is 18.2 Å². The first-order valence-corrected chi connectivity index (χ1v) is 9.67. The van der Waals surface area contributed by atoms with Gasteiger partial charge in [-0.15, -0.1) is 0 Å². The van der Waals surface area contributed by atoms with E-state index in [4.69, 9.17) is 9.72 Å². The lowest BCUT2D eigenvalue weighted by Gasteiger charge is -2.22. The molecule has 0 aliphatic carbocycles. The number of hydrogen-bond donors (Lipinski definition) is 2. The second-order valence-corrected chi connectivity index (χ2v) is 7.41. The van der Waals surface area contributed by atoms with Crippen molar-refractivity contribution in [2.45, 2.75) is 6.42 Å². The minimum Gasteiger partial charge on any atom is -0.497 e. The summed E-state index contributed by atoms with van der Waals surface area (Å²) in [6, 6.07) is 12.3. The molecule has 3 heterocycles. The molecule has 28 heavy (non-hydrogen) atoms. The average molecular weight is 376 g/mol. The lowest BCUT2D eigenvalue weighted by molar-refractivity contribution is 0.360. The number of H-pyrrole nitrogens is 2. The predicted octanol–water partition coefficient (Wildman–Crippen LogP) is 3.26. The van der Waals surface area contributed by atoms with Crippen LogP contribution in [0.15, 0.2) is 36.4 Å². The molecule has 1 fully saturated rings. The Morgan fingerprint density at radius 2 is 1.93 bits per heavy atom. The molecule has 144 valence electrons. The third-order valence-electron chi connectivity index (χ3n) is 5.54. The van der Waals surface area contributed by atoms with E-state index in [1.54, 1.807) is 7.11 Å². The second kappa shape index (κ2) is 6.83. The Labute approximate surface area is 163 Å². The molecular formula is C21H24N6O. The molecule has 0 radical (unpaired) electrons. The smallest absolute Gasteiger partial charge is 0.159 e. The normalized spacial score (nSPS) is 16.0. The number of aromatic amines is 2. The van der Waals surface area contributed by atoms with Crippen molar-refractivity contribution in [3.8, 4) is 17.3 Å². The van der Waals surface area contributed by atoms with E-state index in [1.165, 1.54) is 12.1 Å². The van der Waals surface area contributed by atoms with Gasteiger partial charge in [-0.05, 0) is 56.4 Å². The Hall–Kier alpha value is -3.06. The first kappa shape index (κ1) is 17.1. The highest BCUT2D eigenvalue weighted by Gasteiger charge is 2.16. The number of hydrogen-bond acceptors (Lipinski definition) is 5. The zero-order valence-corrected chi connectivity index (χ0v) is 16.2. The van der Waals surface area contributed by atoms with E-state index in [0.717, 1.165) is 65.4 Å². The van der Waals surface area contributed by atoms with Gasteiger partial charge in [0.25, 0.3) is 0 Å². The van der Waals surface area contributed by atoms with Crippen molar-refractivity contribution in [1.82, 2.24) is 25.1 Å². The summed E-state index contributed by atoms with van der Waals surface area (Å²) >= 11 is 0. The molecule has 2 aromatic heterocycles. The van der Waals surface area contributed by atoms with Gasteiger partial charge in [0.1, 0.15) is 11.4 Å². The maximum atomic E-state index is 5.36. The van der Waals surface area contributed by atoms with Crippen molar-refractivity contribution >= 4 is 27.6 Å². The van der Waals surface area contributed by atoms with Gasteiger partial charge in [0.15, 0.2) is 5.82 Å². The van der Waals surface area contributed by atoms with E-state index in [9.17, 15) is 0 Å². The lowest BCUT2D eigenvalue weighted by atomic mass is 10.2. The number of anilines is 1. The van der Waals surface area contributed by atoms with E-state index in [2.05, 4.69) is 50.2 Å². The minimum atomic E-state index is 0.766. The van der Waals surface area contributed by atoms with Crippen molar-refractivity contribution in [3.63, 3.8) is 0 Å². The molecule has 0 amide bonds. The average Bonchev–Trinajstić information content (AvgIpc) is 3.26. The molecule has 7 heteroatoms. The highest BCUT2D eigenvalue weighted by molar-refractivity contribution is 5.94. The van der Waals surface area contributed by atoms with Gasteiger partial charge < -0.3 is 19.5 Å². The lowest BCUT2D eigenvalue weighted by Crippen LogP contribution is -2.28. The molecule has 1 saturated heterocycles. The number of methoxy groups -OCH3 is 1. The van der Waals surface area contributed by atoms with Gasteiger partial charge in [-0.25, -0.2) is 4.98 Å². The first-order valence-electron chi connectivity index (χ1n) is 9.67. The summed E-state index contributed by atoms with van der Waals surface area (Å²) in [5, 5.41) is 8.55. The molecule has 0 spiro atoms. The van der Waals surface area contributed by atoms with Crippen LogP contribution in [0.1, 0.15) is 6.42 Å². The van der Waals surface area contributed by atoms with Crippen LogP contribution in [0.2, 0.25) is 0 Å². The molecule has 0 atom stereocenters. The molecular weight excluding hydrogens is 352 g/mol. The predicted molar refractivity (Wildman–Crippen MR) is 112 cm³/mol. The van der Waals surface area contributed by atoms with E-state index >= 15 is 0 Å². The standard InChI is InChI=1S/C21H24N6O/c1-26-8-3-9-27(11-10-26)14-4-6-18-19(12-14)23-21(22-18)20-16-13-15(28-2)5-7-17(16)24-25-20/h4-7,12-13H,3,8-11H2,1-2H3,(H,22,23)(H,24,25). The number of likely N-dealkylation sites (N-methyl/N-ethyl adjacent to an activating group) is 1. The number of rotatable bonds is 3. The molecule has 0 unspecified atom stereocenters. The van der Waals surface area contributed by atoms with Crippen molar-refractivity contribution in [2.24, 2.45) is 0 Å². The molecule has 0 saturated carbocycles. The summed E-state index contributed by atoms with van der Waals surface area (Å²) in [5.74, 6) is 1.57. The molecule has 0 bridgehead atoms. The number of nitrogens with one attached hydrogen (secondary N) is 2. The summed E-state index contributed by atoms with van der Waals surface area (Å²) in [4.78, 5) is 13.1. The fraction of sp³-hybridized carbons (Fsp3) is 0.333. The van der Waals surface area contributed by atoms with Crippen LogP contribution in [0, 0.1) is 0 Å². The molecule has 5 rings (SSSR count). The Kier molecular flexibility index (Phi) is 4.16. The monoisotopic (exact) mass is 376 g/mol. The van der Waals surface area contributed by atoms with Crippen LogP contribution in [0.3, 0.4) is 0 Å². The highest BCUT2D eigenvalue weighted by Crippen LogP contribution is 2.30. The maximum absolute atomic E-state index is 5.36. The van der Waals surface area contributed by atoms with E-state index < -0.39 is 0 Å². The van der Waals surface area contributed by atoms with Gasteiger partial charge in [-0.1, -0.05) is 0 Å². The Balaban J connectivity index is 1.52. The van der Waals surface area contributed by atoms with Crippen LogP contribution >= 0.6 is 0 Å². The van der Waals surface area contributed by atoms with Crippen LogP contribution in [-0.4, -0.2) is 65.4 Å². The summed E-state index contributed by atoms with van der Waals surface area (Å²) in [5.41, 5.74) is 4.99. The molecule has 2 aromatic carbocycles. The SMILES string of the molecule is COc1ccc2[nH]nc(-c3nc4ccc(N5CCCN(C)CC5)cc4[nH]3)c2c1. The van der Waals surface area contributed by atoms with Gasteiger partial charge in [-0.3, -0.25) is 5.10 Å². The third-order valence-corrected chi connectivity index (χ3v) is 5.54. The first-order chi connectivity index (χ1) is 13.7. The van der Waals surface area contributed by atoms with Gasteiger partial charge in [0, 0.05) is 30.7 Å². The van der Waals surface area contributed by atoms with Gasteiger partial charge >= 0.3 is 0 Å². The van der Waals surface area contributed by atoms with E-state index in [0.29, 0.717) is 0 Å². The fourth-order valence-electron chi connectivity index (χ4n) is 3.91. The van der Waals surface area contributed by atoms with Crippen LogP contribution in [-0.2, 0) is 0 Å². The van der Waals surface area contributed by atoms with Crippen LogP contribution < -0.4 is 9.64 Å². The number of aromatic nitrogens is 4. The molecule has 1 aliphatic rings. The number of imidazole rings is 1. The summed E-state index contributed by atoms with van der Waals surface area (Å²) in [6.45, 7) is 4.38. The Morgan fingerprint density at radius 3 is 2.82 bits per heavy atom. The number of benzene rings is 2. The second-order valence-electron chi connectivity index (χ2n) is 7.41. The zero-order chi connectivity index (χ0) is 19.1. The van der Waals surface area contributed by atoms with Crippen molar-refractivity contribution in [2.75, 3.05) is 45.2 Å². The Morgan fingerprint density at radius 1 is 1.00 bits per heavy atom. The zero-order valence-electron chi connectivity index (χ0n) is 16.2. The van der Waals surface area contributed by atoms with Gasteiger partial charge in [0.05, 0.1) is 23.7 Å². The summed E-state index contributed by atoms with van der Waals surface area (Å²) < 4.78 is 5.36. The van der Waals surface area contributed by atoms with Crippen molar-refractivity contribution in [3.05, 3.63) is 36.4 Å². The Bertz CT molecular complexity index is 1130. The fourth-order valence-corrected chi connectivity index (χ4v) is 3.91. The summed E-state index contributed by atoms with van der Waals surface area (Å²) in [6.07, 6.45) is 1.18. The van der Waals surface area contributed by atoms with Gasteiger partial charge in [0.2, 0.25) is 0 Å². The molecule has 2 N–H and O–H groups in total. The van der Waals surface area contributed by atoms with Crippen LogP contribution in [0.25, 0.3) is 33.5 Å². The quantitative estimate of drug-likeness (QED) is 0.574.